The molecule has 1 heterocycles. The molecule has 1 aromatic rings. The van der Waals surface area contributed by atoms with Gasteiger partial charge in [-0.1, -0.05) is 38.3 Å². The van der Waals surface area contributed by atoms with E-state index in [4.69, 9.17) is 19.9 Å². The first-order valence-electron chi connectivity index (χ1n) is 12.3. The van der Waals surface area contributed by atoms with Crippen LogP contribution in [0, 0.1) is 0 Å². The van der Waals surface area contributed by atoms with Crippen molar-refractivity contribution in [2.75, 3.05) is 26.3 Å². The second kappa shape index (κ2) is 13.6. The average molecular weight is 463 g/mol. The molecule has 0 unspecified atom stereocenters. The Kier molecular flexibility index (Phi) is 11.1. The molecule has 7 heteroatoms. The molecule has 0 aliphatic carbocycles. The number of rotatable bonds is 12. The lowest BCUT2D eigenvalue weighted by atomic mass is 10.0. The molecule has 0 radical (unpaired) electrons. The molecule has 2 rings (SSSR count). The predicted octanol–water partition coefficient (Wildman–Crippen LogP) is 3.86. The zero-order valence-corrected chi connectivity index (χ0v) is 20.8. The summed E-state index contributed by atoms with van der Waals surface area (Å²) in [6.07, 6.45) is 6.53. The Labute approximate surface area is 198 Å². The molecule has 1 aromatic carbocycles. The van der Waals surface area contributed by atoms with Crippen LogP contribution in [0.15, 0.2) is 24.3 Å². The molecule has 7 nitrogen and oxygen atoms in total. The van der Waals surface area contributed by atoms with Gasteiger partial charge in [0.1, 0.15) is 18.0 Å². The lowest BCUT2D eigenvalue weighted by molar-refractivity contribution is -0.163. The number of unbranched alkanes of at least 4 members (excludes halogenated alkanes) is 3. The number of hydrogen-bond donors (Lipinski definition) is 1. The van der Waals surface area contributed by atoms with Crippen LogP contribution in [0.4, 0.5) is 0 Å². The van der Waals surface area contributed by atoms with Crippen LogP contribution in [0.2, 0.25) is 0 Å². The van der Waals surface area contributed by atoms with Crippen molar-refractivity contribution in [3.05, 3.63) is 29.8 Å². The first-order valence-corrected chi connectivity index (χ1v) is 12.3. The summed E-state index contributed by atoms with van der Waals surface area (Å²) in [5.41, 5.74) is 6.72. The van der Waals surface area contributed by atoms with E-state index in [0.717, 1.165) is 24.3 Å². The van der Waals surface area contributed by atoms with E-state index in [0.29, 0.717) is 32.4 Å². The van der Waals surface area contributed by atoms with Crippen LogP contribution in [0.3, 0.4) is 0 Å². The van der Waals surface area contributed by atoms with Crippen LogP contribution in [0.5, 0.6) is 5.75 Å². The molecule has 1 saturated heterocycles. The second-order valence-electron chi connectivity index (χ2n) is 9.79. The van der Waals surface area contributed by atoms with E-state index in [1.54, 1.807) is 4.90 Å². The number of hydrogen-bond acceptors (Lipinski definition) is 6. The first kappa shape index (κ1) is 27.1. The maximum Gasteiger partial charge on any atom is 0.332 e. The van der Waals surface area contributed by atoms with Gasteiger partial charge in [-0.05, 0) is 64.2 Å². The van der Waals surface area contributed by atoms with E-state index in [-0.39, 0.29) is 24.6 Å². The number of amides is 1. The van der Waals surface area contributed by atoms with E-state index in [9.17, 15) is 9.59 Å². The second-order valence-corrected chi connectivity index (χ2v) is 9.79. The van der Waals surface area contributed by atoms with Crippen LogP contribution >= 0.6 is 0 Å². The molecule has 1 aliphatic rings. The zero-order valence-electron chi connectivity index (χ0n) is 20.8. The Hall–Kier alpha value is -2.12. The maximum absolute atomic E-state index is 12.8. The minimum atomic E-state index is -0.579. The van der Waals surface area contributed by atoms with E-state index < -0.39 is 11.6 Å². The number of ether oxygens (including phenoxy) is 3. The Morgan fingerprint density at radius 2 is 1.76 bits per heavy atom. The Balaban J connectivity index is 1.69. The van der Waals surface area contributed by atoms with Gasteiger partial charge >= 0.3 is 5.97 Å². The van der Waals surface area contributed by atoms with E-state index in [1.165, 1.54) is 19.3 Å². The van der Waals surface area contributed by atoms with Gasteiger partial charge in [-0.2, -0.15) is 0 Å². The minimum absolute atomic E-state index is 0.0446. The fraction of sp³-hybridized carbons (Fsp3) is 0.692. The lowest BCUT2D eigenvalue weighted by Gasteiger charge is -2.33. The third kappa shape index (κ3) is 10.6. The van der Waals surface area contributed by atoms with E-state index in [1.807, 2.05) is 45.0 Å². The number of piperidine rings is 1. The van der Waals surface area contributed by atoms with Crippen LogP contribution in [0.1, 0.15) is 71.8 Å². The summed E-state index contributed by atoms with van der Waals surface area (Å²) in [7, 11) is 0. The number of nitrogens with two attached hydrogens (primary N) is 1. The molecule has 0 spiro atoms. The average Bonchev–Trinajstić information content (AvgIpc) is 2.77. The summed E-state index contributed by atoms with van der Waals surface area (Å²) in [6, 6.07) is 7.26. The Morgan fingerprint density at radius 3 is 2.36 bits per heavy atom. The van der Waals surface area contributed by atoms with Crippen molar-refractivity contribution in [3.8, 4) is 5.75 Å². The van der Waals surface area contributed by atoms with Crippen LogP contribution < -0.4 is 10.5 Å². The maximum atomic E-state index is 12.8. The molecular formula is C26H42N2O5. The molecule has 0 bridgehead atoms. The molecule has 0 aromatic heterocycles. The molecule has 33 heavy (non-hydrogen) atoms. The molecule has 1 atom stereocenters. The number of esters is 1. The third-order valence-electron chi connectivity index (χ3n) is 5.57. The highest BCUT2D eigenvalue weighted by atomic mass is 16.6. The summed E-state index contributed by atoms with van der Waals surface area (Å²) >= 11 is 0. The van der Waals surface area contributed by atoms with Crippen molar-refractivity contribution in [1.82, 2.24) is 4.90 Å². The van der Waals surface area contributed by atoms with Gasteiger partial charge in [0, 0.05) is 13.1 Å². The summed E-state index contributed by atoms with van der Waals surface area (Å²) in [4.78, 5) is 26.4. The van der Waals surface area contributed by atoms with E-state index in [2.05, 4.69) is 6.92 Å². The van der Waals surface area contributed by atoms with Gasteiger partial charge in [0.2, 0.25) is 5.91 Å². The van der Waals surface area contributed by atoms with Gasteiger partial charge < -0.3 is 24.8 Å². The van der Waals surface area contributed by atoms with Gasteiger partial charge in [0.15, 0.2) is 0 Å². The zero-order chi connectivity index (χ0) is 24.3. The van der Waals surface area contributed by atoms with Crippen LogP contribution in [0.25, 0.3) is 0 Å². The largest absolute Gasteiger partial charge is 0.494 e. The number of likely N-dealkylation sites (tertiary alicyclic amines) is 1. The Morgan fingerprint density at radius 1 is 1.09 bits per heavy atom. The SMILES string of the molecule is CCCCCCOc1ccc(C[C@H](N)C(=O)N2CCC(OCC(=O)OC(C)(C)C)CC2)cc1. The summed E-state index contributed by atoms with van der Waals surface area (Å²) in [5.74, 6) is 0.441. The lowest BCUT2D eigenvalue weighted by Crippen LogP contribution is -2.49. The quantitative estimate of drug-likeness (QED) is 0.375. The normalized spacial score (nSPS) is 15.8. The standard InChI is InChI=1S/C26H42N2O5/c1-5-6-7-8-17-31-21-11-9-20(10-12-21)18-23(27)25(30)28-15-13-22(14-16-28)32-19-24(29)33-26(2,3)4/h9-12,22-23H,5-8,13-19,27H2,1-4H3/t23-/m0/s1. The smallest absolute Gasteiger partial charge is 0.332 e. The number of nitrogens with zero attached hydrogens (tertiary/aromatic N) is 1. The van der Waals surface area contributed by atoms with Gasteiger partial charge in [-0.15, -0.1) is 0 Å². The van der Waals surface area contributed by atoms with Crippen molar-refractivity contribution in [2.24, 2.45) is 5.73 Å². The number of carbonyl (C=O) groups excluding carboxylic acids is 2. The molecule has 1 fully saturated rings. The van der Waals surface area contributed by atoms with Crippen LogP contribution in [-0.4, -0.2) is 60.8 Å². The highest BCUT2D eigenvalue weighted by molar-refractivity contribution is 5.82. The predicted molar refractivity (Wildman–Crippen MR) is 129 cm³/mol. The summed E-state index contributed by atoms with van der Waals surface area (Å²) in [6.45, 7) is 9.51. The number of carbonyl (C=O) groups is 2. The molecule has 0 saturated carbocycles. The molecule has 186 valence electrons. The molecule has 2 N–H and O–H groups in total. The van der Waals surface area contributed by atoms with Gasteiger partial charge in [-0.25, -0.2) is 4.79 Å². The fourth-order valence-electron chi connectivity index (χ4n) is 3.82. The summed E-state index contributed by atoms with van der Waals surface area (Å²) in [5, 5.41) is 0. The van der Waals surface area contributed by atoms with Crippen molar-refractivity contribution in [3.63, 3.8) is 0 Å². The topological polar surface area (TPSA) is 91.1 Å². The van der Waals surface area contributed by atoms with Crippen LogP contribution in [-0.2, 0) is 25.5 Å². The highest BCUT2D eigenvalue weighted by Gasteiger charge is 2.27. The van der Waals surface area contributed by atoms with E-state index >= 15 is 0 Å². The van der Waals surface area contributed by atoms with Crippen molar-refractivity contribution < 1.29 is 23.8 Å². The molecular weight excluding hydrogens is 420 g/mol. The van der Waals surface area contributed by atoms with Gasteiger partial charge in [0.25, 0.3) is 0 Å². The van der Waals surface area contributed by atoms with Gasteiger partial charge in [-0.3, -0.25) is 4.79 Å². The molecule has 1 aliphatic heterocycles. The molecule has 1 amide bonds. The Bertz CT molecular complexity index is 721. The number of benzene rings is 1. The highest BCUT2D eigenvalue weighted by Crippen LogP contribution is 2.18. The van der Waals surface area contributed by atoms with Crippen molar-refractivity contribution >= 4 is 11.9 Å². The first-order chi connectivity index (χ1) is 15.7. The van der Waals surface area contributed by atoms with Crippen molar-refractivity contribution in [1.29, 1.82) is 0 Å². The summed E-state index contributed by atoms with van der Waals surface area (Å²) < 4.78 is 16.7. The fourth-order valence-corrected chi connectivity index (χ4v) is 3.82. The van der Waals surface area contributed by atoms with Gasteiger partial charge in [0.05, 0.1) is 18.8 Å². The minimum Gasteiger partial charge on any atom is -0.494 e. The third-order valence-corrected chi connectivity index (χ3v) is 5.57. The van der Waals surface area contributed by atoms with Crippen molar-refractivity contribution in [2.45, 2.75) is 90.4 Å². The monoisotopic (exact) mass is 462 g/mol.